The Hall–Kier alpha value is -4.32. The molecule has 40 heavy (non-hydrogen) atoms. The Balaban J connectivity index is 1.55. The van der Waals surface area contributed by atoms with E-state index in [1.165, 1.54) is 5.01 Å². The predicted molar refractivity (Wildman–Crippen MR) is 163 cm³/mol. The zero-order valence-electron chi connectivity index (χ0n) is 21.8. The first kappa shape index (κ1) is 27.3. The highest BCUT2D eigenvalue weighted by atomic mass is 35.5. The molecule has 7 heteroatoms. The molecule has 1 aliphatic rings. The smallest absolute Gasteiger partial charge is 0.281 e. The molecular formula is C33H26Cl2N2O3. The number of rotatable bonds is 9. The molecule has 4 aromatic rings. The fraction of sp³-hybridized carbons (Fsp3) is 0.0909. The Morgan fingerprint density at radius 2 is 1.65 bits per heavy atom. The molecule has 0 aromatic heterocycles. The first-order chi connectivity index (χ1) is 19.5. The topological polar surface area (TPSA) is 51.1 Å². The second-order valence-electron chi connectivity index (χ2n) is 9.05. The molecule has 5 nitrogen and oxygen atoms in total. The van der Waals surface area contributed by atoms with Gasteiger partial charge in [0.1, 0.15) is 12.3 Å². The van der Waals surface area contributed by atoms with Gasteiger partial charge in [-0.25, -0.2) is 0 Å². The van der Waals surface area contributed by atoms with Crippen LogP contribution < -0.4 is 14.5 Å². The van der Waals surface area contributed by atoms with E-state index in [1.807, 2.05) is 84.9 Å². The summed E-state index contributed by atoms with van der Waals surface area (Å²) in [6.45, 7) is 4.14. The van der Waals surface area contributed by atoms with Crippen molar-refractivity contribution in [1.82, 2.24) is 0 Å². The standard InChI is InChI=1S/C33H26Cl2N2O3/c1-3-10-24-17-22(19-30(39-2)32(24)40-21-25-15-16-26(34)20-29(25)35)18-28-31(23-11-6-4-7-12-23)36-37(33(28)38)27-13-8-5-9-14-27/h3-9,11-20H,1,10,21H2,2H3/b28-18-. The summed E-state index contributed by atoms with van der Waals surface area (Å²) in [6.07, 6.45) is 4.16. The van der Waals surface area contributed by atoms with Gasteiger partial charge in [-0.1, -0.05) is 83.9 Å². The van der Waals surface area contributed by atoms with Gasteiger partial charge in [0.2, 0.25) is 0 Å². The summed E-state index contributed by atoms with van der Waals surface area (Å²) in [5.74, 6) is 0.892. The number of para-hydroxylation sites is 1. The van der Waals surface area contributed by atoms with E-state index in [0.29, 0.717) is 44.9 Å². The van der Waals surface area contributed by atoms with Gasteiger partial charge in [-0.15, -0.1) is 6.58 Å². The Bertz CT molecular complexity index is 1620. The van der Waals surface area contributed by atoms with Crippen LogP contribution in [0.25, 0.3) is 6.08 Å². The Kier molecular flexibility index (Phi) is 8.34. The molecule has 0 bridgehead atoms. The molecular weight excluding hydrogens is 543 g/mol. The van der Waals surface area contributed by atoms with E-state index >= 15 is 0 Å². The van der Waals surface area contributed by atoms with Crippen molar-refractivity contribution >= 4 is 46.6 Å². The Labute approximate surface area is 243 Å². The van der Waals surface area contributed by atoms with Crippen molar-refractivity contribution in [2.45, 2.75) is 13.0 Å². The van der Waals surface area contributed by atoms with Crippen molar-refractivity contribution in [2.75, 3.05) is 12.1 Å². The highest BCUT2D eigenvalue weighted by Crippen LogP contribution is 2.36. The predicted octanol–water partition coefficient (Wildman–Crippen LogP) is 8.14. The number of carbonyl (C=O) groups is 1. The fourth-order valence-electron chi connectivity index (χ4n) is 4.44. The Morgan fingerprint density at radius 3 is 2.33 bits per heavy atom. The maximum Gasteiger partial charge on any atom is 0.281 e. The van der Waals surface area contributed by atoms with E-state index in [4.69, 9.17) is 37.8 Å². The van der Waals surface area contributed by atoms with Crippen molar-refractivity contribution in [3.8, 4) is 11.5 Å². The molecule has 0 radical (unpaired) electrons. The number of allylic oxidation sites excluding steroid dienone is 1. The average Bonchev–Trinajstić information content (AvgIpc) is 3.29. The molecule has 0 saturated carbocycles. The highest BCUT2D eigenvalue weighted by Gasteiger charge is 2.32. The largest absolute Gasteiger partial charge is 0.493 e. The van der Waals surface area contributed by atoms with E-state index in [9.17, 15) is 4.79 Å². The molecule has 0 atom stereocenters. The third kappa shape index (κ3) is 5.81. The number of amides is 1. The second kappa shape index (κ2) is 12.2. The molecule has 200 valence electrons. The second-order valence-corrected chi connectivity index (χ2v) is 9.90. The van der Waals surface area contributed by atoms with Gasteiger partial charge in [0.25, 0.3) is 5.91 Å². The first-order valence-electron chi connectivity index (χ1n) is 12.6. The minimum atomic E-state index is -0.216. The third-order valence-corrected chi connectivity index (χ3v) is 6.95. The molecule has 1 amide bonds. The van der Waals surface area contributed by atoms with E-state index in [0.717, 1.165) is 22.3 Å². The van der Waals surface area contributed by atoms with Crippen LogP contribution in [0.3, 0.4) is 0 Å². The lowest BCUT2D eigenvalue weighted by molar-refractivity contribution is -0.114. The van der Waals surface area contributed by atoms with Crippen LogP contribution in [0.15, 0.2) is 114 Å². The quantitative estimate of drug-likeness (QED) is 0.151. The number of hydrogen-bond acceptors (Lipinski definition) is 4. The lowest BCUT2D eigenvalue weighted by atomic mass is 9.98. The summed E-state index contributed by atoms with van der Waals surface area (Å²) >= 11 is 12.4. The van der Waals surface area contributed by atoms with Gasteiger partial charge in [-0.05, 0) is 54.5 Å². The van der Waals surface area contributed by atoms with E-state index in [1.54, 1.807) is 25.3 Å². The number of hydrogen-bond donors (Lipinski definition) is 0. The van der Waals surface area contributed by atoms with Crippen molar-refractivity contribution in [3.05, 3.63) is 142 Å². The van der Waals surface area contributed by atoms with Crippen LogP contribution >= 0.6 is 23.2 Å². The molecule has 0 N–H and O–H groups in total. The number of nitrogens with zero attached hydrogens (tertiary/aromatic N) is 2. The number of anilines is 1. The zero-order valence-corrected chi connectivity index (χ0v) is 23.3. The molecule has 0 aliphatic carbocycles. The number of benzene rings is 4. The lowest BCUT2D eigenvalue weighted by Crippen LogP contribution is -2.21. The number of ether oxygens (including phenoxy) is 2. The summed E-state index contributed by atoms with van der Waals surface area (Å²) in [5, 5.41) is 7.23. The maximum atomic E-state index is 13.7. The molecule has 0 spiro atoms. The van der Waals surface area contributed by atoms with Crippen LogP contribution in [0.2, 0.25) is 10.0 Å². The van der Waals surface area contributed by atoms with E-state index in [2.05, 4.69) is 6.58 Å². The van der Waals surface area contributed by atoms with Gasteiger partial charge in [0.05, 0.1) is 18.4 Å². The molecule has 1 aliphatic heterocycles. The van der Waals surface area contributed by atoms with Crippen LogP contribution in [0, 0.1) is 0 Å². The highest BCUT2D eigenvalue weighted by molar-refractivity contribution is 6.37. The molecule has 1 heterocycles. The molecule has 4 aromatic carbocycles. The normalized spacial score (nSPS) is 13.9. The number of hydrazone groups is 1. The SMILES string of the molecule is C=CCc1cc(/C=C2\C(=O)N(c3ccccc3)N=C2c2ccccc2)cc(OC)c1OCc1ccc(Cl)cc1Cl. The maximum absolute atomic E-state index is 13.7. The van der Waals surface area contributed by atoms with Crippen LogP contribution in [-0.4, -0.2) is 18.7 Å². The van der Waals surface area contributed by atoms with E-state index < -0.39 is 0 Å². The van der Waals surface area contributed by atoms with Crippen molar-refractivity contribution < 1.29 is 14.3 Å². The number of carbonyl (C=O) groups excluding carboxylic acids is 1. The van der Waals surface area contributed by atoms with Crippen molar-refractivity contribution in [2.24, 2.45) is 5.10 Å². The van der Waals surface area contributed by atoms with Gasteiger partial charge in [-0.2, -0.15) is 10.1 Å². The van der Waals surface area contributed by atoms with Crippen LogP contribution in [0.1, 0.15) is 22.3 Å². The summed E-state index contributed by atoms with van der Waals surface area (Å²) in [6, 6.07) is 28.1. The molecule has 0 unspecified atom stereocenters. The average molecular weight is 569 g/mol. The van der Waals surface area contributed by atoms with Gasteiger partial charge < -0.3 is 9.47 Å². The fourth-order valence-corrected chi connectivity index (χ4v) is 4.91. The van der Waals surface area contributed by atoms with Crippen molar-refractivity contribution in [1.29, 1.82) is 0 Å². The molecule has 0 fully saturated rings. The zero-order chi connectivity index (χ0) is 28.1. The van der Waals surface area contributed by atoms with Gasteiger partial charge >= 0.3 is 0 Å². The minimum absolute atomic E-state index is 0.216. The monoisotopic (exact) mass is 568 g/mol. The van der Waals surface area contributed by atoms with Crippen LogP contribution in [0.5, 0.6) is 11.5 Å². The third-order valence-electron chi connectivity index (χ3n) is 6.36. The Morgan fingerprint density at radius 1 is 0.925 bits per heavy atom. The van der Waals surface area contributed by atoms with E-state index in [-0.39, 0.29) is 12.5 Å². The summed E-state index contributed by atoms with van der Waals surface area (Å²) in [7, 11) is 1.58. The first-order valence-corrected chi connectivity index (χ1v) is 13.4. The van der Waals surface area contributed by atoms with Gasteiger partial charge in [0.15, 0.2) is 11.5 Å². The lowest BCUT2D eigenvalue weighted by Gasteiger charge is -2.17. The van der Waals surface area contributed by atoms with Gasteiger partial charge in [0, 0.05) is 26.7 Å². The summed E-state index contributed by atoms with van der Waals surface area (Å²) in [4.78, 5) is 13.7. The number of halogens is 2. The number of methoxy groups -OCH3 is 1. The van der Waals surface area contributed by atoms with Crippen LogP contribution in [0.4, 0.5) is 5.69 Å². The van der Waals surface area contributed by atoms with Crippen molar-refractivity contribution in [3.63, 3.8) is 0 Å². The summed E-state index contributed by atoms with van der Waals surface area (Å²) < 4.78 is 11.9. The van der Waals surface area contributed by atoms with Gasteiger partial charge in [-0.3, -0.25) is 4.79 Å². The molecule has 5 rings (SSSR count). The summed E-state index contributed by atoms with van der Waals surface area (Å²) in [5.41, 5.74) is 5.03. The minimum Gasteiger partial charge on any atom is -0.493 e. The van der Waals surface area contributed by atoms with Crippen LogP contribution in [-0.2, 0) is 17.8 Å². The molecule has 0 saturated heterocycles.